The van der Waals surface area contributed by atoms with Gasteiger partial charge in [0.2, 0.25) is 6.79 Å². The van der Waals surface area contributed by atoms with E-state index < -0.39 is 5.97 Å². The van der Waals surface area contributed by atoms with Gasteiger partial charge in [-0.05, 0) is 41.5 Å². The van der Waals surface area contributed by atoms with Crippen molar-refractivity contribution in [2.75, 3.05) is 6.79 Å². The van der Waals surface area contributed by atoms with Crippen LogP contribution in [0.5, 0.6) is 11.5 Å². The number of fused-ring (bicyclic) bond motifs is 2. The molecule has 104 valence electrons. The molecule has 0 unspecified atom stereocenters. The first-order valence-corrected chi connectivity index (χ1v) is 6.47. The highest BCUT2D eigenvalue weighted by atomic mass is 16.7. The number of aromatic nitrogens is 1. The van der Waals surface area contributed by atoms with Gasteiger partial charge in [-0.15, -0.1) is 0 Å². The van der Waals surface area contributed by atoms with Crippen molar-refractivity contribution in [3.05, 3.63) is 48.2 Å². The molecule has 1 aromatic rings. The van der Waals surface area contributed by atoms with Crippen LogP contribution in [0, 0.1) is 0 Å². The van der Waals surface area contributed by atoms with Crippen molar-refractivity contribution in [1.82, 2.24) is 4.98 Å². The first-order valence-electron chi connectivity index (χ1n) is 6.47. The summed E-state index contributed by atoms with van der Waals surface area (Å²) in [5.74, 6) is 0.505. The quantitative estimate of drug-likeness (QED) is 0.756. The molecule has 2 N–H and O–H groups in total. The predicted molar refractivity (Wildman–Crippen MR) is 75.9 cm³/mol. The van der Waals surface area contributed by atoms with Crippen molar-refractivity contribution in [2.45, 2.75) is 0 Å². The van der Waals surface area contributed by atoms with Gasteiger partial charge < -0.3 is 19.6 Å². The second kappa shape index (κ2) is 4.28. The highest BCUT2D eigenvalue weighted by molar-refractivity contribution is 5.90. The molecule has 0 atom stereocenters. The van der Waals surface area contributed by atoms with Gasteiger partial charge in [0.15, 0.2) is 11.5 Å². The number of H-pyrrole nitrogens is 1. The fraction of sp³-hybridized carbons (Fsp3) is 0.0625. The molecule has 0 fully saturated rings. The molecule has 0 saturated carbocycles. The Morgan fingerprint density at radius 1 is 1.00 bits per heavy atom. The number of hydrogen-bond acceptors (Lipinski definition) is 3. The second-order valence-corrected chi connectivity index (χ2v) is 4.82. The summed E-state index contributed by atoms with van der Waals surface area (Å²) in [6, 6.07) is 13.0. The summed E-state index contributed by atoms with van der Waals surface area (Å²) in [6.07, 6.45) is 0. The number of nitrogens with one attached hydrogen (secondary N) is 1. The number of benzene rings is 1. The highest BCUT2D eigenvalue weighted by Crippen LogP contribution is 2.40. The molecule has 0 radical (unpaired) electrons. The molecule has 0 amide bonds. The topological polar surface area (TPSA) is 71.6 Å². The predicted octanol–water partition coefficient (Wildman–Crippen LogP) is 3.21. The van der Waals surface area contributed by atoms with E-state index in [1.807, 2.05) is 36.4 Å². The summed E-state index contributed by atoms with van der Waals surface area (Å²) in [5.41, 5.74) is 3.97. The third-order valence-electron chi connectivity index (χ3n) is 3.60. The fourth-order valence-electron chi connectivity index (χ4n) is 2.57. The van der Waals surface area contributed by atoms with Crippen molar-refractivity contribution >= 4 is 5.97 Å². The number of rotatable bonds is 2. The molecule has 0 spiro atoms. The van der Waals surface area contributed by atoms with E-state index >= 15 is 0 Å². The van der Waals surface area contributed by atoms with Gasteiger partial charge in [-0.3, -0.25) is 0 Å². The Morgan fingerprint density at radius 3 is 2.67 bits per heavy atom. The SMILES string of the molecule is O=C(O)c1ccc2c(-c3ccc4c(c3)OCO4)ccc-2[nH]1. The molecule has 3 aliphatic rings. The molecule has 0 aromatic heterocycles. The van der Waals surface area contributed by atoms with E-state index in [4.69, 9.17) is 14.6 Å². The molecule has 1 aromatic carbocycles. The number of pyridine rings is 1. The molecular formula is C16H11NO4. The van der Waals surface area contributed by atoms with Crippen LogP contribution in [-0.4, -0.2) is 22.9 Å². The monoisotopic (exact) mass is 281 g/mol. The molecule has 0 saturated heterocycles. The Labute approximate surface area is 120 Å². The number of hydrogen-bond donors (Lipinski definition) is 2. The summed E-state index contributed by atoms with van der Waals surface area (Å²) < 4.78 is 10.7. The zero-order valence-corrected chi connectivity index (χ0v) is 10.9. The summed E-state index contributed by atoms with van der Waals surface area (Å²) in [4.78, 5) is 13.9. The van der Waals surface area contributed by atoms with Crippen molar-refractivity contribution < 1.29 is 19.4 Å². The van der Waals surface area contributed by atoms with E-state index in [1.54, 1.807) is 6.07 Å². The van der Waals surface area contributed by atoms with E-state index in [2.05, 4.69) is 4.98 Å². The van der Waals surface area contributed by atoms with E-state index in [0.717, 1.165) is 33.9 Å². The van der Waals surface area contributed by atoms with Crippen LogP contribution in [0.25, 0.3) is 22.4 Å². The number of carboxylic acids is 1. The average Bonchev–Trinajstić information content (AvgIpc) is 3.12. The fourth-order valence-corrected chi connectivity index (χ4v) is 2.57. The minimum absolute atomic E-state index is 0.172. The van der Waals surface area contributed by atoms with Gasteiger partial charge in [-0.1, -0.05) is 12.1 Å². The van der Waals surface area contributed by atoms with Crippen molar-refractivity contribution in [3.63, 3.8) is 0 Å². The Hall–Kier alpha value is -2.95. The van der Waals surface area contributed by atoms with Crippen LogP contribution >= 0.6 is 0 Å². The summed E-state index contributed by atoms with van der Waals surface area (Å²) in [5, 5.41) is 9.01. The van der Waals surface area contributed by atoms with Crippen molar-refractivity contribution in [2.24, 2.45) is 0 Å². The van der Waals surface area contributed by atoms with Crippen LogP contribution in [0.1, 0.15) is 10.5 Å². The lowest BCUT2D eigenvalue weighted by molar-refractivity contribution is 0.0690. The van der Waals surface area contributed by atoms with Crippen molar-refractivity contribution in [1.29, 1.82) is 0 Å². The number of ether oxygens (including phenoxy) is 2. The number of aromatic amines is 1. The maximum absolute atomic E-state index is 11.0. The highest BCUT2D eigenvalue weighted by Gasteiger charge is 2.18. The average molecular weight is 281 g/mol. The van der Waals surface area contributed by atoms with Crippen LogP contribution in [0.2, 0.25) is 0 Å². The van der Waals surface area contributed by atoms with Gasteiger partial charge in [0, 0.05) is 11.3 Å². The van der Waals surface area contributed by atoms with Gasteiger partial charge in [0.1, 0.15) is 5.69 Å². The third kappa shape index (κ3) is 1.82. The standard InChI is InChI=1S/C16H11NO4/c18-16(19)13-5-3-11-10(2-4-12(11)17-13)9-1-6-14-15(7-9)21-8-20-14/h1-7,17H,8H2,(H,18,19). The van der Waals surface area contributed by atoms with Crippen LogP contribution in [0.15, 0.2) is 42.5 Å². The minimum atomic E-state index is -0.970. The maximum atomic E-state index is 11.0. The summed E-state index contributed by atoms with van der Waals surface area (Å²) >= 11 is 0. The summed E-state index contributed by atoms with van der Waals surface area (Å²) in [7, 11) is 0. The first kappa shape index (κ1) is 11.8. The Balaban J connectivity index is 1.82. The zero-order valence-electron chi connectivity index (χ0n) is 10.9. The number of aromatic carboxylic acids is 1. The second-order valence-electron chi connectivity index (χ2n) is 4.82. The van der Waals surface area contributed by atoms with Gasteiger partial charge in [-0.2, -0.15) is 0 Å². The molecule has 5 heteroatoms. The molecule has 0 bridgehead atoms. The lowest BCUT2D eigenvalue weighted by atomic mass is 10.0. The van der Waals surface area contributed by atoms with Gasteiger partial charge in [0.05, 0.1) is 0 Å². The normalized spacial score (nSPS) is 12.8. The molecule has 1 aliphatic carbocycles. The number of carboxylic acid groups (broad SMARTS) is 1. The smallest absolute Gasteiger partial charge is 0.352 e. The maximum Gasteiger partial charge on any atom is 0.352 e. The van der Waals surface area contributed by atoms with Gasteiger partial charge in [-0.25, -0.2) is 4.79 Å². The van der Waals surface area contributed by atoms with E-state index in [9.17, 15) is 4.79 Å². The van der Waals surface area contributed by atoms with Crippen LogP contribution in [-0.2, 0) is 0 Å². The molecule has 5 nitrogen and oxygen atoms in total. The summed E-state index contributed by atoms with van der Waals surface area (Å²) in [6.45, 7) is 0.246. The lowest BCUT2D eigenvalue weighted by Crippen LogP contribution is -2.00. The number of carbonyl (C=O) groups is 1. The molecule has 2 heterocycles. The van der Waals surface area contributed by atoms with Crippen LogP contribution in [0.4, 0.5) is 0 Å². The van der Waals surface area contributed by atoms with Gasteiger partial charge in [0.25, 0.3) is 0 Å². The molecule has 21 heavy (non-hydrogen) atoms. The van der Waals surface area contributed by atoms with Crippen LogP contribution < -0.4 is 9.47 Å². The van der Waals surface area contributed by atoms with Gasteiger partial charge >= 0.3 is 5.97 Å². The lowest BCUT2D eigenvalue weighted by Gasteiger charge is -2.07. The largest absolute Gasteiger partial charge is 0.477 e. The van der Waals surface area contributed by atoms with Crippen molar-refractivity contribution in [3.8, 4) is 33.9 Å². The minimum Gasteiger partial charge on any atom is -0.477 e. The molecule has 4 rings (SSSR count). The first-order chi connectivity index (χ1) is 10.2. The zero-order chi connectivity index (χ0) is 14.4. The molecule has 2 aliphatic heterocycles. The van der Waals surface area contributed by atoms with E-state index in [1.165, 1.54) is 0 Å². The Morgan fingerprint density at radius 2 is 1.81 bits per heavy atom. The van der Waals surface area contributed by atoms with Crippen LogP contribution in [0.3, 0.4) is 0 Å². The Bertz CT molecular complexity index is 821. The van der Waals surface area contributed by atoms with E-state index in [-0.39, 0.29) is 12.5 Å². The Kier molecular flexibility index (Phi) is 2.41. The third-order valence-corrected chi connectivity index (χ3v) is 3.60. The molecular weight excluding hydrogens is 270 g/mol. The van der Waals surface area contributed by atoms with E-state index in [0.29, 0.717) is 0 Å².